The molecule has 0 aromatic rings. The first-order chi connectivity index (χ1) is 12.1. The Balaban J connectivity index is 5.52. The van der Waals surface area contributed by atoms with Gasteiger partial charge in [-0.05, 0) is 0 Å². The molecule has 0 aliphatic rings. The summed E-state index contributed by atoms with van der Waals surface area (Å²) in [6, 6.07) is 0. The van der Waals surface area contributed by atoms with E-state index in [1.807, 2.05) is 0 Å². The van der Waals surface area contributed by atoms with Gasteiger partial charge in [-0.1, -0.05) is 0 Å². The van der Waals surface area contributed by atoms with E-state index in [9.17, 15) is 19.2 Å². The SMILES string of the molecule is CO[C@@H]([C@H](OC)[C@@H](COC(C)=O)OC(C)=O)[C@H](COC(C)=O)OC(C)=O. The Kier molecular flexibility index (Phi) is 11.2. The van der Waals surface area contributed by atoms with Crippen molar-refractivity contribution in [1.82, 2.24) is 0 Å². The third-order valence-electron chi connectivity index (χ3n) is 3.14. The predicted octanol–water partition coefficient (Wildman–Crippen LogP) is 0.00600. The summed E-state index contributed by atoms with van der Waals surface area (Å²) in [4.78, 5) is 44.9. The number of hydrogen-bond donors (Lipinski definition) is 0. The molecule has 0 fully saturated rings. The molecule has 0 aromatic carbocycles. The smallest absolute Gasteiger partial charge is 0.303 e. The molecule has 0 rings (SSSR count). The van der Waals surface area contributed by atoms with Crippen LogP contribution in [0.15, 0.2) is 0 Å². The summed E-state index contributed by atoms with van der Waals surface area (Å²) in [5.41, 5.74) is 0. The molecule has 150 valence electrons. The number of rotatable bonds is 11. The van der Waals surface area contributed by atoms with E-state index < -0.39 is 48.3 Å². The fourth-order valence-corrected chi connectivity index (χ4v) is 2.21. The molecule has 0 saturated carbocycles. The van der Waals surface area contributed by atoms with Gasteiger partial charge in [0.15, 0.2) is 12.2 Å². The van der Waals surface area contributed by atoms with Gasteiger partial charge in [0.05, 0.1) is 0 Å². The van der Waals surface area contributed by atoms with Crippen LogP contribution in [0.4, 0.5) is 0 Å². The van der Waals surface area contributed by atoms with Crippen LogP contribution in [-0.4, -0.2) is 75.7 Å². The molecule has 0 aliphatic heterocycles. The third kappa shape index (κ3) is 9.33. The average molecular weight is 378 g/mol. The molecule has 0 amide bonds. The first-order valence-corrected chi connectivity index (χ1v) is 7.79. The molecular formula is C16H26O10. The van der Waals surface area contributed by atoms with Crippen molar-refractivity contribution in [3.8, 4) is 0 Å². The van der Waals surface area contributed by atoms with Crippen molar-refractivity contribution in [2.75, 3.05) is 27.4 Å². The van der Waals surface area contributed by atoms with Gasteiger partial charge in [0.2, 0.25) is 0 Å². The molecule has 0 aromatic heterocycles. The van der Waals surface area contributed by atoms with Crippen LogP contribution in [-0.2, 0) is 47.6 Å². The van der Waals surface area contributed by atoms with Gasteiger partial charge in [-0.3, -0.25) is 19.2 Å². The number of carbonyl (C=O) groups excluding carboxylic acids is 4. The van der Waals surface area contributed by atoms with Crippen LogP contribution in [0, 0.1) is 0 Å². The lowest BCUT2D eigenvalue weighted by Gasteiger charge is -2.34. The molecule has 4 atom stereocenters. The Morgan fingerprint density at radius 2 is 0.923 bits per heavy atom. The van der Waals surface area contributed by atoms with Crippen LogP contribution >= 0.6 is 0 Å². The quantitative estimate of drug-likeness (QED) is 0.358. The van der Waals surface area contributed by atoms with Crippen molar-refractivity contribution >= 4 is 23.9 Å². The average Bonchev–Trinajstić information content (AvgIpc) is 2.52. The minimum Gasteiger partial charge on any atom is -0.462 e. The van der Waals surface area contributed by atoms with E-state index in [4.69, 9.17) is 28.4 Å². The Hall–Kier alpha value is -2.20. The van der Waals surface area contributed by atoms with Gasteiger partial charge in [0.25, 0.3) is 0 Å². The second-order valence-corrected chi connectivity index (χ2v) is 5.30. The zero-order valence-electron chi connectivity index (χ0n) is 15.8. The molecular weight excluding hydrogens is 352 g/mol. The van der Waals surface area contributed by atoms with E-state index in [1.54, 1.807) is 0 Å². The summed E-state index contributed by atoms with van der Waals surface area (Å²) in [7, 11) is 2.63. The Morgan fingerprint density at radius 1 is 0.615 bits per heavy atom. The number of esters is 4. The summed E-state index contributed by atoms with van der Waals surface area (Å²) >= 11 is 0. The van der Waals surface area contributed by atoms with E-state index in [-0.39, 0.29) is 13.2 Å². The van der Waals surface area contributed by atoms with Crippen molar-refractivity contribution < 1.29 is 47.6 Å². The van der Waals surface area contributed by atoms with Crippen LogP contribution in [0.5, 0.6) is 0 Å². The van der Waals surface area contributed by atoms with Crippen LogP contribution < -0.4 is 0 Å². The zero-order chi connectivity index (χ0) is 20.3. The summed E-state index contributed by atoms with van der Waals surface area (Å²) in [6.07, 6.45) is -4.05. The number of hydrogen-bond acceptors (Lipinski definition) is 10. The van der Waals surface area contributed by atoms with E-state index >= 15 is 0 Å². The fraction of sp³-hybridized carbons (Fsp3) is 0.750. The molecule has 0 N–H and O–H groups in total. The second kappa shape index (κ2) is 12.2. The lowest BCUT2D eigenvalue weighted by atomic mass is 10.0. The monoisotopic (exact) mass is 378 g/mol. The lowest BCUT2D eigenvalue weighted by Crippen LogP contribution is -2.52. The maximum atomic E-state index is 11.4. The molecule has 0 unspecified atom stereocenters. The summed E-state index contributed by atoms with van der Waals surface area (Å²) < 4.78 is 30.8. The largest absolute Gasteiger partial charge is 0.462 e. The normalized spacial score (nSPS) is 15.2. The molecule has 0 heterocycles. The van der Waals surface area contributed by atoms with Crippen molar-refractivity contribution in [3.05, 3.63) is 0 Å². The van der Waals surface area contributed by atoms with E-state index in [1.165, 1.54) is 41.9 Å². The van der Waals surface area contributed by atoms with Crippen LogP contribution in [0.1, 0.15) is 27.7 Å². The predicted molar refractivity (Wildman–Crippen MR) is 86.0 cm³/mol. The van der Waals surface area contributed by atoms with Crippen molar-refractivity contribution in [3.63, 3.8) is 0 Å². The highest BCUT2D eigenvalue weighted by atomic mass is 16.6. The Labute approximate surface area is 152 Å². The van der Waals surface area contributed by atoms with Gasteiger partial charge in [-0.25, -0.2) is 0 Å². The van der Waals surface area contributed by atoms with Gasteiger partial charge >= 0.3 is 23.9 Å². The van der Waals surface area contributed by atoms with Crippen LogP contribution in [0.2, 0.25) is 0 Å². The van der Waals surface area contributed by atoms with Crippen molar-refractivity contribution in [1.29, 1.82) is 0 Å². The highest BCUT2D eigenvalue weighted by molar-refractivity contribution is 5.67. The topological polar surface area (TPSA) is 124 Å². The standard InChI is InChI=1S/C16H26O10/c1-9(17)23-7-13(25-11(3)19)15(21-5)16(22-6)14(26-12(4)20)8-24-10(2)18/h13-16H,7-8H2,1-6H3/t13-,14+,15-,16-/m1/s1. The summed E-state index contributed by atoms with van der Waals surface area (Å²) in [5, 5.41) is 0. The zero-order valence-corrected chi connectivity index (χ0v) is 15.8. The van der Waals surface area contributed by atoms with Gasteiger partial charge in [-0.2, -0.15) is 0 Å². The molecule has 0 bridgehead atoms. The van der Waals surface area contributed by atoms with E-state index in [0.717, 1.165) is 0 Å². The van der Waals surface area contributed by atoms with Crippen LogP contribution in [0.25, 0.3) is 0 Å². The minimum atomic E-state index is -1.04. The van der Waals surface area contributed by atoms with E-state index in [2.05, 4.69) is 0 Å². The Bertz CT molecular complexity index is 445. The summed E-state index contributed by atoms with van der Waals surface area (Å²) in [5.74, 6) is -2.43. The lowest BCUT2D eigenvalue weighted by molar-refractivity contribution is -0.194. The Morgan fingerprint density at radius 3 is 1.12 bits per heavy atom. The molecule has 0 aliphatic carbocycles. The van der Waals surface area contributed by atoms with Crippen molar-refractivity contribution in [2.24, 2.45) is 0 Å². The molecule has 0 spiro atoms. The molecule has 10 nitrogen and oxygen atoms in total. The third-order valence-corrected chi connectivity index (χ3v) is 3.14. The second-order valence-electron chi connectivity index (χ2n) is 5.30. The van der Waals surface area contributed by atoms with Gasteiger partial charge < -0.3 is 28.4 Å². The first kappa shape index (κ1) is 23.8. The van der Waals surface area contributed by atoms with Gasteiger partial charge in [-0.15, -0.1) is 0 Å². The van der Waals surface area contributed by atoms with E-state index in [0.29, 0.717) is 0 Å². The molecule has 26 heavy (non-hydrogen) atoms. The first-order valence-electron chi connectivity index (χ1n) is 7.79. The summed E-state index contributed by atoms with van der Waals surface area (Å²) in [6.45, 7) is 4.16. The van der Waals surface area contributed by atoms with Gasteiger partial charge in [0, 0.05) is 41.9 Å². The maximum absolute atomic E-state index is 11.4. The number of methoxy groups -OCH3 is 2. The molecule has 0 saturated heterocycles. The highest BCUT2D eigenvalue weighted by Crippen LogP contribution is 2.18. The number of ether oxygens (including phenoxy) is 6. The molecule has 10 heteroatoms. The minimum absolute atomic E-state index is 0.298. The highest BCUT2D eigenvalue weighted by Gasteiger charge is 2.40. The molecule has 0 radical (unpaired) electrons. The fourth-order valence-electron chi connectivity index (χ4n) is 2.21. The van der Waals surface area contributed by atoms with Gasteiger partial charge in [0.1, 0.15) is 25.4 Å². The maximum Gasteiger partial charge on any atom is 0.303 e. The van der Waals surface area contributed by atoms with Crippen LogP contribution in [0.3, 0.4) is 0 Å². The number of carbonyl (C=O) groups is 4. The van der Waals surface area contributed by atoms with Crippen molar-refractivity contribution in [2.45, 2.75) is 52.1 Å².